The van der Waals surface area contributed by atoms with Crippen molar-refractivity contribution in [3.8, 4) is 0 Å². The third kappa shape index (κ3) is 5.75. The molecule has 0 fully saturated rings. The molecule has 3 rings (SSSR count). The van der Waals surface area contributed by atoms with Gasteiger partial charge in [-0.2, -0.15) is 26.3 Å². The molecule has 0 atom stereocenters. The molecular weight excluding hydrogens is 642 g/mol. The van der Waals surface area contributed by atoms with Crippen LogP contribution in [-0.4, -0.2) is 30.8 Å². The SMILES string of the molecule is [C-]#[N+]CN(C(=O)c1ccccc1)c1cccc(C(=O)Nc2c(Cl)cc(C(F)(C(F)(F)F)C(F)(F)F)cc2Br)c1F. The number of nitrogens with one attached hydrogen (secondary N) is 1. The molecule has 0 aliphatic rings. The summed E-state index contributed by atoms with van der Waals surface area (Å²) in [5.41, 5.74) is -9.36. The summed E-state index contributed by atoms with van der Waals surface area (Å²) in [7, 11) is 0. The lowest BCUT2D eigenvalue weighted by atomic mass is 9.94. The first-order valence-electron chi connectivity index (χ1n) is 10.7. The summed E-state index contributed by atoms with van der Waals surface area (Å²) in [5.74, 6) is -3.31. The second-order valence-corrected chi connectivity index (χ2v) is 9.22. The van der Waals surface area contributed by atoms with Crippen LogP contribution in [-0.2, 0) is 5.67 Å². The minimum atomic E-state index is -6.41. The van der Waals surface area contributed by atoms with Crippen LogP contribution in [0.2, 0.25) is 5.02 Å². The molecule has 40 heavy (non-hydrogen) atoms. The van der Waals surface area contributed by atoms with Crippen molar-refractivity contribution in [3.63, 3.8) is 0 Å². The van der Waals surface area contributed by atoms with Crippen molar-refractivity contribution in [1.82, 2.24) is 0 Å². The highest BCUT2D eigenvalue weighted by Gasteiger charge is 2.73. The van der Waals surface area contributed by atoms with Gasteiger partial charge in [0.05, 0.1) is 22.0 Å². The van der Waals surface area contributed by atoms with Gasteiger partial charge in [-0.05, 0) is 52.3 Å². The fourth-order valence-corrected chi connectivity index (χ4v) is 4.46. The van der Waals surface area contributed by atoms with Crippen LogP contribution in [0.1, 0.15) is 26.3 Å². The van der Waals surface area contributed by atoms with Crippen molar-refractivity contribution < 1.29 is 44.7 Å². The number of nitrogens with zero attached hydrogens (tertiary/aromatic N) is 2. The highest BCUT2D eigenvalue weighted by Crippen LogP contribution is 2.54. The maximum atomic E-state index is 15.5. The van der Waals surface area contributed by atoms with Crippen LogP contribution in [0.25, 0.3) is 4.85 Å². The Labute approximate surface area is 234 Å². The summed E-state index contributed by atoms with van der Waals surface area (Å²) in [5, 5.41) is 1.11. The van der Waals surface area contributed by atoms with Gasteiger partial charge in [0.1, 0.15) is 0 Å². The lowest BCUT2D eigenvalue weighted by molar-refractivity contribution is -0.348. The predicted molar refractivity (Wildman–Crippen MR) is 133 cm³/mol. The Morgan fingerprint density at radius 2 is 1.55 bits per heavy atom. The first-order chi connectivity index (χ1) is 18.5. The van der Waals surface area contributed by atoms with Crippen molar-refractivity contribution in [2.75, 3.05) is 16.9 Å². The van der Waals surface area contributed by atoms with E-state index in [1.807, 2.05) is 5.32 Å². The summed E-state index contributed by atoms with van der Waals surface area (Å²) in [4.78, 5) is 29.7. The Hall–Kier alpha value is -3.70. The monoisotopic (exact) mass is 653 g/mol. The number of benzene rings is 3. The van der Waals surface area contributed by atoms with E-state index in [9.17, 15) is 40.3 Å². The second-order valence-electron chi connectivity index (χ2n) is 7.96. The number of hydrogen-bond acceptors (Lipinski definition) is 2. The Morgan fingerprint density at radius 3 is 2.08 bits per heavy atom. The summed E-state index contributed by atoms with van der Waals surface area (Å²) < 4.78 is 108. The van der Waals surface area contributed by atoms with Crippen molar-refractivity contribution in [2.45, 2.75) is 18.0 Å². The second kappa shape index (κ2) is 11.4. The molecule has 15 heteroatoms. The maximum Gasteiger partial charge on any atom is 0.435 e. The van der Waals surface area contributed by atoms with Gasteiger partial charge in [-0.3, -0.25) is 14.4 Å². The number of carbonyl (C=O) groups excluding carboxylic acids is 2. The van der Waals surface area contributed by atoms with E-state index in [0.29, 0.717) is 0 Å². The Morgan fingerprint density at radius 1 is 0.950 bits per heavy atom. The van der Waals surface area contributed by atoms with Gasteiger partial charge >= 0.3 is 18.0 Å². The standard InChI is InChI=1S/C25H13BrClF8N3O2/c1-36-12-38(22(40)13-6-3-2-4-7-13)18-9-5-8-15(19(18)28)21(39)37-20-16(26)10-14(11-17(20)27)23(29,24(30,31)32)25(33,34)35/h2-11H,12H2,(H,37,39). The van der Waals surface area contributed by atoms with Gasteiger partial charge in [0.25, 0.3) is 18.5 Å². The molecule has 0 spiro atoms. The van der Waals surface area contributed by atoms with E-state index >= 15 is 4.39 Å². The number of amides is 2. The summed E-state index contributed by atoms with van der Waals surface area (Å²) in [6.07, 6.45) is -12.8. The molecule has 0 aromatic heterocycles. The largest absolute Gasteiger partial charge is 0.435 e. The molecule has 3 aromatic carbocycles. The van der Waals surface area contributed by atoms with Gasteiger partial charge in [-0.25, -0.2) is 20.3 Å². The predicted octanol–water partition coefficient (Wildman–Crippen LogP) is 8.31. The fourth-order valence-electron chi connectivity index (χ4n) is 3.52. The van der Waals surface area contributed by atoms with Gasteiger partial charge in [0, 0.05) is 15.6 Å². The molecule has 0 saturated heterocycles. The highest BCUT2D eigenvalue weighted by molar-refractivity contribution is 9.10. The molecule has 3 aromatic rings. The first-order valence-corrected chi connectivity index (χ1v) is 11.8. The molecule has 0 radical (unpaired) electrons. The zero-order valence-electron chi connectivity index (χ0n) is 19.5. The molecule has 0 saturated carbocycles. The molecule has 0 bridgehead atoms. The molecule has 0 aliphatic carbocycles. The average molecular weight is 655 g/mol. The third-order valence-corrected chi connectivity index (χ3v) is 6.37. The summed E-state index contributed by atoms with van der Waals surface area (Å²) in [6.45, 7) is 6.50. The quantitative estimate of drug-likeness (QED) is 0.215. The van der Waals surface area contributed by atoms with Crippen LogP contribution in [0.15, 0.2) is 65.1 Å². The molecule has 210 valence electrons. The van der Waals surface area contributed by atoms with Crippen molar-refractivity contribution in [2.24, 2.45) is 0 Å². The van der Waals surface area contributed by atoms with Gasteiger partial charge in [-0.1, -0.05) is 35.9 Å². The molecule has 5 nitrogen and oxygen atoms in total. The number of anilines is 2. The van der Waals surface area contributed by atoms with Crippen molar-refractivity contribution in [3.05, 3.63) is 104 Å². The third-order valence-electron chi connectivity index (χ3n) is 5.45. The molecule has 0 unspecified atom stereocenters. The lowest BCUT2D eigenvalue weighted by Gasteiger charge is -2.30. The van der Waals surface area contributed by atoms with Crippen LogP contribution in [0, 0.1) is 12.4 Å². The van der Waals surface area contributed by atoms with Gasteiger partial charge in [-0.15, -0.1) is 0 Å². The van der Waals surface area contributed by atoms with Gasteiger partial charge in [0.2, 0.25) is 0 Å². The topological polar surface area (TPSA) is 53.8 Å². The van der Waals surface area contributed by atoms with Crippen LogP contribution < -0.4 is 10.2 Å². The molecule has 0 aliphatic heterocycles. The van der Waals surface area contributed by atoms with Crippen molar-refractivity contribution >= 4 is 50.7 Å². The van der Waals surface area contributed by atoms with E-state index in [1.165, 1.54) is 30.3 Å². The Balaban J connectivity index is 2.00. The summed E-state index contributed by atoms with van der Waals surface area (Å²) in [6, 6.07) is 10.9. The fraction of sp³-hybridized carbons (Fsp3) is 0.160. The van der Waals surface area contributed by atoms with E-state index in [0.717, 1.165) is 17.0 Å². The van der Waals surface area contributed by atoms with Gasteiger partial charge < -0.3 is 5.32 Å². The zero-order valence-corrected chi connectivity index (χ0v) is 21.8. The molecule has 2 amide bonds. The Kier molecular flexibility index (Phi) is 8.80. The summed E-state index contributed by atoms with van der Waals surface area (Å²) >= 11 is 8.48. The van der Waals surface area contributed by atoms with Crippen molar-refractivity contribution in [1.29, 1.82) is 0 Å². The smallest absolute Gasteiger partial charge is 0.320 e. The highest BCUT2D eigenvalue weighted by atomic mass is 79.9. The first kappa shape index (κ1) is 30.8. The van der Waals surface area contributed by atoms with E-state index in [1.54, 1.807) is 6.07 Å². The minimum Gasteiger partial charge on any atom is -0.320 e. The lowest BCUT2D eigenvalue weighted by Crippen LogP contribution is -2.50. The number of alkyl halides is 7. The normalized spacial score (nSPS) is 12.0. The molecule has 0 heterocycles. The number of carbonyl (C=O) groups is 2. The number of halogens is 10. The van der Waals surface area contributed by atoms with E-state index < -0.39 is 74.3 Å². The maximum absolute atomic E-state index is 15.5. The molecule has 1 N–H and O–H groups in total. The van der Waals surface area contributed by atoms with Crippen LogP contribution in [0.3, 0.4) is 0 Å². The minimum absolute atomic E-state index is 0.0334. The zero-order chi connectivity index (χ0) is 30.0. The van der Waals surface area contributed by atoms with Crippen LogP contribution >= 0.6 is 27.5 Å². The molecular formula is C25H13BrClF8N3O2. The van der Waals surface area contributed by atoms with Crippen LogP contribution in [0.5, 0.6) is 0 Å². The van der Waals surface area contributed by atoms with E-state index in [-0.39, 0.29) is 17.7 Å². The van der Waals surface area contributed by atoms with Gasteiger partial charge in [0.15, 0.2) is 5.82 Å². The number of hydrogen-bond donors (Lipinski definition) is 1. The van der Waals surface area contributed by atoms with Crippen LogP contribution in [0.4, 0.5) is 46.5 Å². The number of rotatable bonds is 6. The van der Waals surface area contributed by atoms with E-state index in [2.05, 4.69) is 20.8 Å². The average Bonchev–Trinajstić information content (AvgIpc) is 2.87. The van der Waals surface area contributed by atoms with E-state index in [4.69, 9.17) is 18.2 Å². The Bertz CT molecular complexity index is 1450.